The molecule has 0 aromatic carbocycles. The normalized spacial score (nSPS) is 12.1. The molecule has 350 valence electrons. The topological polar surface area (TPSA) is 23.5 Å². The molecular weight excluding hydrogens is 703 g/mol. The average molecular weight is 819 g/mol. The predicted octanol–water partition coefficient (Wildman–Crippen LogP) is 21.0. The van der Waals surface area contributed by atoms with Crippen molar-refractivity contribution >= 4 is 0 Å². The fraction of sp³-hybridized carbons (Fsp3) is 1.00. The maximum absolute atomic E-state index is 11.2. The van der Waals surface area contributed by atoms with Gasteiger partial charge >= 0.3 is 0 Å². The van der Waals surface area contributed by atoms with Crippen molar-refractivity contribution in [3.05, 3.63) is 0 Å². The lowest BCUT2D eigenvalue weighted by molar-refractivity contribution is -0.163. The molecule has 0 amide bonds. The van der Waals surface area contributed by atoms with Crippen molar-refractivity contribution in [3.63, 3.8) is 0 Å². The number of nitrogens with zero attached hydrogens (tertiary/aromatic N) is 1. The third-order valence-electron chi connectivity index (χ3n) is 14.2. The predicted molar refractivity (Wildman–Crippen MR) is 265 cm³/mol. The van der Waals surface area contributed by atoms with Crippen LogP contribution in [0.2, 0.25) is 0 Å². The summed E-state index contributed by atoms with van der Waals surface area (Å²) in [7, 11) is 1.99. The second kappa shape index (κ2) is 49.6. The summed E-state index contributed by atoms with van der Waals surface area (Å²) < 4.78 is 0. The molecular formula is C56H115NO. The zero-order valence-corrected chi connectivity index (χ0v) is 41.5. The van der Waals surface area contributed by atoms with E-state index in [1.165, 1.54) is 327 Å². The van der Waals surface area contributed by atoms with Crippen molar-refractivity contribution in [3.8, 4) is 0 Å². The van der Waals surface area contributed by atoms with E-state index in [1.54, 1.807) is 5.06 Å². The molecule has 1 N–H and O–H groups in total. The first-order chi connectivity index (χ1) is 28.6. The number of hydrogen-bond acceptors (Lipinski definition) is 2. The van der Waals surface area contributed by atoms with Crippen LogP contribution in [0.15, 0.2) is 0 Å². The smallest absolute Gasteiger partial charge is 0.0457 e. The molecule has 0 spiro atoms. The van der Waals surface area contributed by atoms with Gasteiger partial charge in [-0.1, -0.05) is 329 Å². The van der Waals surface area contributed by atoms with E-state index in [-0.39, 0.29) is 5.54 Å². The van der Waals surface area contributed by atoms with Crippen LogP contribution in [-0.4, -0.2) is 22.9 Å². The summed E-state index contributed by atoms with van der Waals surface area (Å²) in [5.74, 6) is 0. The molecule has 0 saturated carbocycles. The van der Waals surface area contributed by atoms with Crippen LogP contribution in [0.4, 0.5) is 0 Å². The lowest BCUT2D eigenvalue weighted by Crippen LogP contribution is -2.44. The molecule has 0 aromatic rings. The van der Waals surface area contributed by atoms with E-state index in [4.69, 9.17) is 0 Å². The Morgan fingerprint density at radius 3 is 0.466 bits per heavy atom. The summed E-state index contributed by atoms with van der Waals surface area (Å²) in [6, 6.07) is 0. The Labute approximate surface area is 369 Å². The molecule has 0 aliphatic carbocycles. The van der Waals surface area contributed by atoms with Gasteiger partial charge in [-0.25, -0.2) is 0 Å². The standard InChI is InChI=1S/C56H115NO/c1-5-8-11-14-17-20-23-26-29-32-35-38-41-44-47-50-53-56(57(4)58,54-51-48-45-42-39-36-33-30-27-24-21-18-15-12-9-6-2)55-52-49-46-43-40-37-34-31-28-25-22-19-16-13-10-7-3/h58H,5-55H2,1-4H3. The lowest BCUT2D eigenvalue weighted by Gasteiger charge is -2.39. The van der Waals surface area contributed by atoms with Crippen molar-refractivity contribution in [2.75, 3.05) is 7.05 Å². The van der Waals surface area contributed by atoms with Gasteiger partial charge in [0.25, 0.3) is 0 Å². The molecule has 58 heavy (non-hydrogen) atoms. The zero-order valence-electron chi connectivity index (χ0n) is 41.5. The van der Waals surface area contributed by atoms with Crippen LogP contribution in [0.5, 0.6) is 0 Å². The molecule has 0 atom stereocenters. The Kier molecular flexibility index (Phi) is 49.5. The average Bonchev–Trinajstić information content (AvgIpc) is 3.22. The highest BCUT2D eigenvalue weighted by atomic mass is 16.5. The molecule has 2 nitrogen and oxygen atoms in total. The molecule has 0 aliphatic rings. The van der Waals surface area contributed by atoms with Crippen LogP contribution in [0.25, 0.3) is 0 Å². The number of unbranched alkanes of at least 4 members (excludes halogenated alkanes) is 45. The summed E-state index contributed by atoms with van der Waals surface area (Å²) in [6.07, 6.45) is 71.9. The molecule has 2 heteroatoms. The first-order valence-corrected chi connectivity index (χ1v) is 28.1. The highest BCUT2D eigenvalue weighted by molar-refractivity contribution is 4.86. The Morgan fingerprint density at radius 2 is 0.345 bits per heavy atom. The molecule has 0 aliphatic heterocycles. The largest absolute Gasteiger partial charge is 0.314 e. The van der Waals surface area contributed by atoms with Crippen molar-refractivity contribution in [2.45, 2.75) is 354 Å². The number of hydrogen-bond donors (Lipinski definition) is 1. The van der Waals surface area contributed by atoms with Gasteiger partial charge in [0.2, 0.25) is 0 Å². The molecule has 0 saturated heterocycles. The number of rotatable bonds is 52. The van der Waals surface area contributed by atoms with Crippen LogP contribution in [0.1, 0.15) is 348 Å². The van der Waals surface area contributed by atoms with E-state index >= 15 is 0 Å². The van der Waals surface area contributed by atoms with Gasteiger partial charge in [-0.3, -0.25) is 0 Å². The van der Waals surface area contributed by atoms with Crippen LogP contribution < -0.4 is 0 Å². The van der Waals surface area contributed by atoms with Crippen molar-refractivity contribution in [1.82, 2.24) is 5.06 Å². The molecule has 0 bridgehead atoms. The van der Waals surface area contributed by atoms with Crippen LogP contribution >= 0.6 is 0 Å². The van der Waals surface area contributed by atoms with Gasteiger partial charge in [-0.2, -0.15) is 5.06 Å². The molecule has 0 aromatic heterocycles. The Bertz CT molecular complexity index is 631. The molecule has 0 fully saturated rings. The van der Waals surface area contributed by atoms with Crippen molar-refractivity contribution < 1.29 is 5.21 Å². The minimum absolute atomic E-state index is 0.00199. The third-order valence-corrected chi connectivity index (χ3v) is 14.2. The van der Waals surface area contributed by atoms with Gasteiger partial charge in [0.1, 0.15) is 0 Å². The number of hydroxylamine groups is 2. The Balaban J connectivity index is 4.32. The van der Waals surface area contributed by atoms with E-state index in [0.29, 0.717) is 0 Å². The quantitative estimate of drug-likeness (QED) is 0.0488. The SMILES string of the molecule is CCCCCCCCCCCCCCCCCCC(CCCCCCCCCCCCCCCCCC)(CCCCCCCCCCCCCCCCCC)N(C)O. The third kappa shape index (κ3) is 42.6. The fourth-order valence-corrected chi connectivity index (χ4v) is 9.87. The van der Waals surface area contributed by atoms with E-state index in [9.17, 15) is 5.21 Å². The highest BCUT2D eigenvalue weighted by Gasteiger charge is 2.32. The highest BCUT2D eigenvalue weighted by Crippen LogP contribution is 2.33. The van der Waals surface area contributed by atoms with Gasteiger partial charge in [0.15, 0.2) is 0 Å². The monoisotopic (exact) mass is 818 g/mol. The summed E-state index contributed by atoms with van der Waals surface area (Å²) in [4.78, 5) is 0. The molecule has 0 heterocycles. The summed E-state index contributed by atoms with van der Waals surface area (Å²) >= 11 is 0. The Hall–Kier alpha value is -0.0800. The van der Waals surface area contributed by atoms with Gasteiger partial charge < -0.3 is 5.21 Å². The molecule has 0 unspecified atom stereocenters. The summed E-state index contributed by atoms with van der Waals surface area (Å²) in [5, 5.41) is 12.9. The Morgan fingerprint density at radius 1 is 0.224 bits per heavy atom. The minimum Gasteiger partial charge on any atom is -0.314 e. The lowest BCUT2D eigenvalue weighted by atomic mass is 9.81. The van der Waals surface area contributed by atoms with E-state index in [1.807, 2.05) is 7.05 Å². The van der Waals surface area contributed by atoms with Gasteiger partial charge in [0.05, 0.1) is 0 Å². The van der Waals surface area contributed by atoms with Gasteiger partial charge in [-0.05, 0) is 19.3 Å². The van der Waals surface area contributed by atoms with Crippen molar-refractivity contribution in [2.24, 2.45) is 0 Å². The summed E-state index contributed by atoms with van der Waals surface area (Å²) in [6.45, 7) is 6.94. The first-order valence-electron chi connectivity index (χ1n) is 28.1. The van der Waals surface area contributed by atoms with E-state index < -0.39 is 0 Å². The van der Waals surface area contributed by atoms with Crippen LogP contribution in [-0.2, 0) is 0 Å². The van der Waals surface area contributed by atoms with E-state index in [2.05, 4.69) is 20.8 Å². The minimum atomic E-state index is 0.00199. The molecule has 0 rings (SSSR count). The maximum atomic E-state index is 11.2. The van der Waals surface area contributed by atoms with Crippen LogP contribution in [0.3, 0.4) is 0 Å². The van der Waals surface area contributed by atoms with E-state index in [0.717, 1.165) is 0 Å². The van der Waals surface area contributed by atoms with Gasteiger partial charge in [0, 0.05) is 12.6 Å². The fourth-order valence-electron chi connectivity index (χ4n) is 9.87. The van der Waals surface area contributed by atoms with Crippen LogP contribution in [0, 0.1) is 0 Å². The zero-order chi connectivity index (χ0) is 42.1. The first kappa shape index (κ1) is 57.9. The molecule has 0 radical (unpaired) electrons. The summed E-state index contributed by atoms with van der Waals surface area (Å²) in [5.41, 5.74) is 0.00199. The maximum Gasteiger partial charge on any atom is 0.0457 e. The van der Waals surface area contributed by atoms with Gasteiger partial charge in [-0.15, -0.1) is 0 Å². The second-order valence-electron chi connectivity index (χ2n) is 19.9. The second-order valence-corrected chi connectivity index (χ2v) is 19.9. The van der Waals surface area contributed by atoms with Crippen molar-refractivity contribution in [1.29, 1.82) is 0 Å².